The maximum Gasteiger partial charge on any atom is 0.407 e. The molecule has 6 rings (SSSR count). The molecule has 4 heterocycles. The molecule has 2 aromatic carbocycles. The van der Waals surface area contributed by atoms with Crippen LogP contribution < -0.4 is 31.3 Å². The average molecular weight is 1360 g/mol. The van der Waals surface area contributed by atoms with E-state index < -0.39 is 163 Å². The van der Waals surface area contributed by atoms with Gasteiger partial charge in [0.1, 0.15) is 59.0 Å². The van der Waals surface area contributed by atoms with Crippen molar-refractivity contribution in [1.29, 1.82) is 0 Å². The number of aliphatic hydroxyl groups excluding tert-OH is 3. The highest BCUT2D eigenvalue weighted by Crippen LogP contribution is 2.36. The number of benzene rings is 2. The molecule has 3 aliphatic rings. The minimum absolute atomic E-state index is 0.0196. The van der Waals surface area contributed by atoms with E-state index in [9.17, 15) is 78.3 Å². The first-order valence-corrected chi connectivity index (χ1v) is 32.6. The fraction of sp³-hybridized carbons (Fsp3) is 0.545. The van der Waals surface area contributed by atoms with Crippen molar-refractivity contribution >= 4 is 82.4 Å². The zero-order chi connectivity index (χ0) is 71.1. The van der Waals surface area contributed by atoms with Crippen LogP contribution in [0.2, 0.25) is 0 Å². The minimum atomic E-state index is -2.06. The van der Waals surface area contributed by atoms with E-state index >= 15 is 0 Å². The number of likely N-dealkylation sites (N-methyl/N-ethyl adjacent to an activating group) is 2. The van der Waals surface area contributed by atoms with Crippen molar-refractivity contribution in [3.05, 3.63) is 100 Å². The first kappa shape index (κ1) is 76.3. The van der Waals surface area contributed by atoms with Crippen LogP contribution in [-0.2, 0) is 70.3 Å². The second-order valence-electron chi connectivity index (χ2n) is 25.9. The Labute approximate surface area is 560 Å². The molecule has 0 saturated carbocycles. The highest BCUT2D eigenvalue weighted by atomic mass is 32.1. The molecule has 2 saturated heterocycles. The molecule has 0 bridgehead atoms. The van der Waals surface area contributed by atoms with Crippen LogP contribution in [0.4, 0.5) is 10.5 Å². The third-order valence-corrected chi connectivity index (χ3v) is 17.8. The van der Waals surface area contributed by atoms with Gasteiger partial charge in [-0.25, -0.2) is 14.6 Å². The van der Waals surface area contributed by atoms with Gasteiger partial charge in [0.2, 0.25) is 24.0 Å². The molecule has 96 heavy (non-hydrogen) atoms. The summed E-state index contributed by atoms with van der Waals surface area (Å²) in [5.74, 6) is -9.47. The predicted molar refractivity (Wildman–Crippen MR) is 346 cm³/mol. The number of carboxylic acid groups (broad SMARTS) is 2. The van der Waals surface area contributed by atoms with Gasteiger partial charge in [-0.15, -0.1) is 11.3 Å². The number of esters is 1. The van der Waals surface area contributed by atoms with Crippen LogP contribution in [0.1, 0.15) is 133 Å². The third-order valence-electron chi connectivity index (χ3n) is 16.8. The number of imide groups is 1. The first-order chi connectivity index (χ1) is 45.1. The lowest BCUT2D eigenvalue weighted by molar-refractivity contribution is -0.942. The number of aliphatic hydroxyl groups is 3. The van der Waals surface area contributed by atoms with Crippen molar-refractivity contribution in [2.45, 2.75) is 186 Å². The molecule has 1 unspecified atom stereocenters. The normalized spacial score (nSPS) is 22.1. The Balaban J connectivity index is 1.21. The summed E-state index contributed by atoms with van der Waals surface area (Å²) in [5, 5.41) is 66.7. The molecule has 524 valence electrons. The van der Waals surface area contributed by atoms with Crippen LogP contribution in [0.3, 0.4) is 0 Å². The second kappa shape index (κ2) is 33.8. The Bertz CT molecular complexity index is 3360. The lowest BCUT2D eigenvalue weighted by Crippen LogP contribution is -2.63. The van der Waals surface area contributed by atoms with Gasteiger partial charge in [-0.05, 0) is 88.1 Å². The van der Waals surface area contributed by atoms with E-state index in [1.54, 1.807) is 47.7 Å². The second-order valence-corrected chi connectivity index (χ2v) is 26.8. The highest BCUT2D eigenvalue weighted by molar-refractivity contribution is 7.09. The van der Waals surface area contributed by atoms with Gasteiger partial charge in [0.05, 0.1) is 31.7 Å². The molecule has 3 aromatic rings. The molecular formula is C66H90N9O20S+. The molecule has 1 aromatic heterocycles. The van der Waals surface area contributed by atoms with E-state index in [4.69, 9.17) is 18.9 Å². The molecule has 30 heteroatoms. The molecule has 0 aliphatic carbocycles. The summed E-state index contributed by atoms with van der Waals surface area (Å²) in [6.45, 7) is 17.0. The van der Waals surface area contributed by atoms with E-state index in [0.717, 1.165) is 29.1 Å². The number of ether oxygens (including phenoxy) is 4. The zero-order valence-electron chi connectivity index (χ0n) is 55.6. The Morgan fingerprint density at radius 3 is 2.19 bits per heavy atom. The van der Waals surface area contributed by atoms with Crippen LogP contribution in [0.15, 0.2) is 78.2 Å². The summed E-state index contributed by atoms with van der Waals surface area (Å²) in [5.41, 5.74) is 0.792. The Kier molecular flexibility index (Phi) is 26.9. The maximum absolute atomic E-state index is 15.0. The molecule has 0 radical (unpaired) electrons. The first-order valence-electron chi connectivity index (χ1n) is 31.7. The number of hydrogen-bond acceptors (Lipinski definition) is 20. The quantitative estimate of drug-likeness (QED) is 0.0191. The van der Waals surface area contributed by atoms with Crippen molar-refractivity contribution in [2.24, 2.45) is 11.8 Å². The SMILES string of the molecule is C=C(CC)[C@H](NC(=O)[C@H]1CCCC[N+]1(C)Cc1ccc(O[C@@H]2O[C@H](C(=O)O)[C@@H](O)[C@H](O)[C@H]2O)c(NC(=O)CCNC(=O)[C@H](CNC(=O)OC(C)(C)C)N2C(=O)C=CC2=O)c1)C(=O)N(C)[C@H](C[C@@H](OC(C)=O)c1nc(C(=O)N[C@@H](Cc2ccccc2)C[C@H](C)C(=O)O)cs1)C(C)C. The number of carbonyl (C=O) groups excluding carboxylic acids is 9. The van der Waals surface area contributed by atoms with Crippen molar-refractivity contribution < 1.29 is 102 Å². The Hall–Kier alpha value is -8.68. The summed E-state index contributed by atoms with van der Waals surface area (Å²) in [6, 6.07) is 8.95. The lowest BCUT2D eigenvalue weighted by atomic mass is 9.94. The number of rotatable bonds is 31. The van der Waals surface area contributed by atoms with Crippen molar-refractivity contribution in [1.82, 2.24) is 36.1 Å². The molecule has 3 aliphatic heterocycles. The molecular weight excluding hydrogens is 1270 g/mol. The summed E-state index contributed by atoms with van der Waals surface area (Å²) in [7, 11) is 3.43. The number of piperidine rings is 1. The number of alkyl carbamates (subject to hydrolysis) is 1. The number of likely N-dealkylation sites (tertiary alicyclic amines) is 1. The van der Waals surface area contributed by atoms with E-state index in [2.05, 4.69) is 38.1 Å². The van der Waals surface area contributed by atoms with Gasteiger partial charge < -0.3 is 80.4 Å². The summed E-state index contributed by atoms with van der Waals surface area (Å²) < 4.78 is 22.5. The largest absolute Gasteiger partial charge is 0.481 e. The van der Waals surface area contributed by atoms with Crippen LogP contribution >= 0.6 is 11.3 Å². The molecule has 0 spiro atoms. The molecule has 8 amide bonds. The fourth-order valence-corrected chi connectivity index (χ4v) is 12.5. The van der Waals surface area contributed by atoms with Gasteiger partial charge in [0, 0.05) is 75.0 Å². The van der Waals surface area contributed by atoms with Gasteiger partial charge in [-0.3, -0.25) is 48.1 Å². The van der Waals surface area contributed by atoms with Crippen molar-refractivity contribution in [3.8, 4) is 5.75 Å². The van der Waals surface area contributed by atoms with Gasteiger partial charge in [-0.1, -0.05) is 64.6 Å². The maximum atomic E-state index is 15.0. The molecule has 13 atom stereocenters. The number of nitrogens with zero attached hydrogens (tertiary/aromatic N) is 4. The standard InChI is InChI=1S/C66H89N9O20S/c1-12-36(4)52(61(86)73(10)44(35(2)3)31-48(92-38(6)76)60-71-43(34-96-60)57(83)69-41(28-37(5)62(87)88)29-39-18-14-13-15-19-39)72-59(85)46-20-16-17-27-75(46,11)33-40-21-22-47(93-64-55(82)53(80)54(81)56(94-64)63(89)90)42(30-40)70-49(77)25-26-67-58(84)45(74-50(78)23-24-51(74)79)32-68-65(91)95-66(7,8)9/h13-15,18-19,21-24,30,34-35,37,41,44-46,48,52-56,64,80-82H,4,12,16-17,20,25-29,31-33H2,1-3,5-11H3,(H6-,67,68,69,70,72,77,83,84,85,87,88,89,90,91)/p+1/t37-,41+,44+,45-,46+,48+,52-,53-,54-,55+,56-,64+,75?/m0/s1. The van der Waals surface area contributed by atoms with Crippen molar-refractivity contribution in [2.75, 3.05) is 39.0 Å². The smallest absolute Gasteiger partial charge is 0.407 e. The highest BCUT2D eigenvalue weighted by Gasteiger charge is 2.49. The van der Waals surface area contributed by atoms with E-state index in [1.807, 2.05) is 51.2 Å². The number of aliphatic carboxylic acids is 2. The number of carboxylic acids is 2. The van der Waals surface area contributed by atoms with Crippen LogP contribution in [-0.4, -0.2) is 210 Å². The Morgan fingerprint density at radius 1 is 0.896 bits per heavy atom. The molecule has 10 N–H and O–H groups in total. The topological polar surface area (TPSA) is 405 Å². The summed E-state index contributed by atoms with van der Waals surface area (Å²) >= 11 is 1.08. The minimum Gasteiger partial charge on any atom is -0.481 e. The van der Waals surface area contributed by atoms with Gasteiger partial charge in [0.25, 0.3) is 23.6 Å². The summed E-state index contributed by atoms with van der Waals surface area (Å²) in [6.07, 6.45) is -8.09. The third kappa shape index (κ3) is 20.7. The van der Waals surface area contributed by atoms with Crippen molar-refractivity contribution in [3.63, 3.8) is 0 Å². The van der Waals surface area contributed by atoms with Gasteiger partial charge in [0.15, 0.2) is 18.2 Å². The van der Waals surface area contributed by atoms with Gasteiger partial charge in [-0.2, -0.15) is 0 Å². The van der Waals surface area contributed by atoms with Gasteiger partial charge >= 0.3 is 24.0 Å². The fourth-order valence-electron chi connectivity index (χ4n) is 11.7. The molecule has 29 nitrogen and oxygen atoms in total. The average Bonchev–Trinajstić information content (AvgIpc) is 1.21. The Morgan fingerprint density at radius 2 is 1.57 bits per heavy atom. The number of amides is 8. The zero-order valence-corrected chi connectivity index (χ0v) is 56.4. The number of thiazole rings is 1. The van der Waals surface area contributed by atoms with Crippen LogP contribution in [0.5, 0.6) is 5.75 Å². The van der Waals surface area contributed by atoms with E-state index in [-0.39, 0.29) is 58.3 Å². The van der Waals surface area contributed by atoms with Crippen LogP contribution in [0, 0.1) is 11.8 Å². The number of hydrogen-bond donors (Lipinski definition) is 10. The predicted octanol–water partition coefficient (Wildman–Crippen LogP) is 3.26. The summed E-state index contributed by atoms with van der Waals surface area (Å²) in [4.78, 5) is 153. The number of quaternary nitrogens is 1. The van der Waals surface area contributed by atoms with Crippen LogP contribution in [0.25, 0.3) is 0 Å². The number of carbonyl (C=O) groups is 11. The number of aromatic nitrogens is 1. The monoisotopic (exact) mass is 1360 g/mol. The molecule has 2 fully saturated rings. The van der Waals surface area contributed by atoms with E-state index in [1.165, 1.54) is 29.3 Å². The number of anilines is 1. The number of nitrogens with one attached hydrogen (secondary N) is 5. The lowest BCUT2D eigenvalue weighted by Gasteiger charge is -2.44. The van der Waals surface area contributed by atoms with E-state index in [0.29, 0.717) is 48.3 Å².